The molecule has 2 heteroatoms. The van der Waals surface area contributed by atoms with Crippen LogP contribution in [0.25, 0.3) is 0 Å². The lowest BCUT2D eigenvalue weighted by molar-refractivity contribution is -0.138. The first-order valence-corrected chi connectivity index (χ1v) is 7.94. The predicted molar refractivity (Wildman–Crippen MR) is 90.9 cm³/mol. The minimum Gasteiger partial charge on any atom is -0.463 e. The fourth-order valence-electron chi connectivity index (χ4n) is 1.98. The van der Waals surface area contributed by atoms with Gasteiger partial charge in [-0.3, -0.25) is 0 Å². The van der Waals surface area contributed by atoms with Crippen molar-refractivity contribution in [1.29, 1.82) is 0 Å². The van der Waals surface area contributed by atoms with Gasteiger partial charge in [0, 0.05) is 22.1 Å². The van der Waals surface area contributed by atoms with Crippen molar-refractivity contribution in [3.63, 3.8) is 0 Å². The normalized spacial score (nSPS) is 15.4. The summed E-state index contributed by atoms with van der Waals surface area (Å²) in [6.45, 7) is 10.2. The van der Waals surface area contributed by atoms with Crippen molar-refractivity contribution in [2.75, 3.05) is 6.61 Å². The van der Waals surface area contributed by atoms with Crippen molar-refractivity contribution in [2.24, 2.45) is 5.41 Å². The quantitative estimate of drug-likeness (QED) is 0.428. The van der Waals surface area contributed by atoms with E-state index in [1.807, 2.05) is 0 Å². The molecule has 0 N–H and O–H groups in total. The Kier molecular flexibility index (Phi) is 7.00. The molecule has 0 aromatic heterocycles. The zero-order chi connectivity index (χ0) is 16.6. The van der Waals surface area contributed by atoms with Gasteiger partial charge in [-0.1, -0.05) is 23.7 Å². The maximum absolute atomic E-state index is 11.5. The van der Waals surface area contributed by atoms with Crippen LogP contribution >= 0.6 is 0 Å². The molecular formula is C20H26O2. The van der Waals surface area contributed by atoms with Crippen molar-refractivity contribution in [3.8, 4) is 23.7 Å². The lowest BCUT2D eigenvalue weighted by Gasteiger charge is -2.13. The minimum atomic E-state index is -0.304. The molecule has 1 rings (SSSR count). The van der Waals surface area contributed by atoms with Gasteiger partial charge in [-0.25, -0.2) is 4.79 Å². The van der Waals surface area contributed by atoms with Gasteiger partial charge >= 0.3 is 5.97 Å². The monoisotopic (exact) mass is 298 g/mol. The molecule has 0 amide bonds. The minimum absolute atomic E-state index is 0.00336. The summed E-state index contributed by atoms with van der Waals surface area (Å²) in [6, 6.07) is 0. The van der Waals surface area contributed by atoms with E-state index in [1.165, 1.54) is 6.42 Å². The highest BCUT2D eigenvalue weighted by molar-refractivity contribution is 5.88. The van der Waals surface area contributed by atoms with E-state index in [0.717, 1.165) is 30.4 Å². The summed E-state index contributed by atoms with van der Waals surface area (Å²) >= 11 is 0. The zero-order valence-electron chi connectivity index (χ0n) is 14.4. The van der Waals surface area contributed by atoms with E-state index < -0.39 is 0 Å². The van der Waals surface area contributed by atoms with E-state index in [-0.39, 0.29) is 11.4 Å². The van der Waals surface area contributed by atoms with Crippen LogP contribution in [0.4, 0.5) is 0 Å². The summed E-state index contributed by atoms with van der Waals surface area (Å²) in [6.07, 6.45) is 5.96. The Hall–Kier alpha value is -1.93. The molecular weight excluding hydrogens is 272 g/mol. The van der Waals surface area contributed by atoms with Gasteiger partial charge in [-0.05, 0) is 66.4 Å². The van der Waals surface area contributed by atoms with Crippen LogP contribution in [0, 0.1) is 29.1 Å². The zero-order valence-corrected chi connectivity index (χ0v) is 14.4. The van der Waals surface area contributed by atoms with Crippen LogP contribution < -0.4 is 0 Å². The third-order valence-electron chi connectivity index (χ3n) is 3.17. The number of rotatable bonds is 2. The smallest absolute Gasteiger partial charge is 0.334 e. The number of hydrogen-bond donors (Lipinski definition) is 0. The Balaban J connectivity index is 2.94. The molecule has 0 aromatic carbocycles. The second-order valence-electron chi connectivity index (χ2n) is 6.48. The first-order chi connectivity index (χ1) is 10.3. The fraction of sp³-hybridized carbons (Fsp3) is 0.550. The van der Waals surface area contributed by atoms with Gasteiger partial charge < -0.3 is 4.74 Å². The number of carbonyl (C=O) groups is 1. The van der Waals surface area contributed by atoms with Crippen LogP contribution in [0.15, 0.2) is 22.8 Å². The second kappa shape index (κ2) is 8.50. The van der Waals surface area contributed by atoms with E-state index in [0.29, 0.717) is 12.2 Å². The van der Waals surface area contributed by atoms with Crippen LogP contribution in [0.5, 0.6) is 0 Å². The van der Waals surface area contributed by atoms with Crippen LogP contribution in [0.2, 0.25) is 0 Å². The molecule has 0 atom stereocenters. The standard InChI is InChI=1S/C20H26O2/c1-6-22-19(21)16(2)10-9-13-17-11-7-8-12-18(17)14-15-20(3,4)5/h10H,6-8,11-12H2,1-5H3/b16-10+. The van der Waals surface area contributed by atoms with Gasteiger partial charge in [-0.2, -0.15) is 0 Å². The molecule has 1 aliphatic rings. The third kappa shape index (κ3) is 6.68. The summed E-state index contributed by atoms with van der Waals surface area (Å²) < 4.78 is 4.93. The van der Waals surface area contributed by atoms with Gasteiger partial charge in [0.2, 0.25) is 0 Å². The Morgan fingerprint density at radius 1 is 1.18 bits per heavy atom. The number of hydrogen-bond acceptors (Lipinski definition) is 2. The fourth-order valence-corrected chi connectivity index (χ4v) is 1.98. The molecule has 0 saturated carbocycles. The predicted octanol–water partition coefficient (Wildman–Crippen LogP) is 4.42. The van der Waals surface area contributed by atoms with Gasteiger partial charge in [-0.15, -0.1) is 0 Å². The summed E-state index contributed by atoms with van der Waals surface area (Å²) in [5, 5.41) is 0. The van der Waals surface area contributed by atoms with Crippen molar-refractivity contribution in [1.82, 2.24) is 0 Å². The summed E-state index contributed by atoms with van der Waals surface area (Å²) in [5.74, 6) is 12.5. The molecule has 0 heterocycles. The molecule has 118 valence electrons. The maximum Gasteiger partial charge on any atom is 0.334 e. The van der Waals surface area contributed by atoms with Crippen LogP contribution in [0.3, 0.4) is 0 Å². The van der Waals surface area contributed by atoms with Crippen LogP contribution in [0.1, 0.15) is 60.3 Å². The Labute approximate surface area is 135 Å². The largest absolute Gasteiger partial charge is 0.463 e. The second-order valence-corrected chi connectivity index (χ2v) is 6.48. The summed E-state index contributed by atoms with van der Waals surface area (Å²) in [4.78, 5) is 11.5. The molecule has 0 spiro atoms. The maximum atomic E-state index is 11.5. The third-order valence-corrected chi connectivity index (χ3v) is 3.17. The first kappa shape index (κ1) is 18.1. The van der Waals surface area contributed by atoms with Crippen molar-refractivity contribution >= 4 is 5.97 Å². The lowest BCUT2D eigenvalue weighted by Crippen LogP contribution is -2.04. The average molecular weight is 298 g/mol. The highest BCUT2D eigenvalue weighted by Gasteiger charge is 2.10. The highest BCUT2D eigenvalue weighted by atomic mass is 16.5. The first-order valence-electron chi connectivity index (χ1n) is 7.94. The van der Waals surface area contributed by atoms with Gasteiger partial charge in [0.15, 0.2) is 0 Å². The molecule has 0 unspecified atom stereocenters. The van der Waals surface area contributed by atoms with Crippen molar-refractivity contribution in [3.05, 3.63) is 22.8 Å². The number of ether oxygens (including phenoxy) is 1. The molecule has 0 radical (unpaired) electrons. The van der Waals surface area contributed by atoms with E-state index >= 15 is 0 Å². The van der Waals surface area contributed by atoms with E-state index in [1.54, 1.807) is 19.9 Å². The lowest BCUT2D eigenvalue weighted by atomic mass is 9.90. The number of allylic oxidation sites excluding steroid dienone is 3. The highest BCUT2D eigenvalue weighted by Crippen LogP contribution is 2.24. The van der Waals surface area contributed by atoms with E-state index in [9.17, 15) is 4.79 Å². The Morgan fingerprint density at radius 2 is 1.77 bits per heavy atom. The van der Waals surface area contributed by atoms with Crippen molar-refractivity contribution in [2.45, 2.75) is 60.3 Å². The van der Waals surface area contributed by atoms with Crippen molar-refractivity contribution < 1.29 is 9.53 Å². The van der Waals surface area contributed by atoms with Crippen LogP contribution in [-0.4, -0.2) is 12.6 Å². The summed E-state index contributed by atoms with van der Waals surface area (Å²) in [7, 11) is 0. The molecule has 0 bridgehead atoms. The van der Waals surface area contributed by atoms with Crippen LogP contribution in [-0.2, 0) is 9.53 Å². The number of esters is 1. The van der Waals surface area contributed by atoms with E-state index in [2.05, 4.69) is 44.5 Å². The molecule has 0 saturated heterocycles. The molecule has 0 aliphatic heterocycles. The molecule has 2 nitrogen and oxygen atoms in total. The Morgan fingerprint density at radius 3 is 2.32 bits per heavy atom. The average Bonchev–Trinajstić information content (AvgIpc) is 2.45. The SMILES string of the molecule is CCOC(=O)/C(C)=C/C#CC1=C(C#CC(C)(C)C)CCCC1. The van der Waals surface area contributed by atoms with Gasteiger partial charge in [0.25, 0.3) is 0 Å². The van der Waals surface area contributed by atoms with Gasteiger partial charge in [0.05, 0.1) is 6.61 Å². The number of carbonyl (C=O) groups excluding carboxylic acids is 1. The van der Waals surface area contributed by atoms with E-state index in [4.69, 9.17) is 4.74 Å². The molecule has 0 fully saturated rings. The molecule has 0 aromatic rings. The van der Waals surface area contributed by atoms with Gasteiger partial charge in [0.1, 0.15) is 0 Å². The Bertz CT molecular complexity index is 590. The summed E-state index contributed by atoms with van der Waals surface area (Å²) in [5.41, 5.74) is 2.82. The molecule has 1 aliphatic carbocycles. The molecule has 22 heavy (non-hydrogen) atoms. The topological polar surface area (TPSA) is 26.3 Å².